The Morgan fingerprint density at radius 3 is 1.87 bits per heavy atom. The molecule has 0 bridgehead atoms. The van der Waals surface area contributed by atoms with Gasteiger partial charge in [-0.1, -0.05) is 42.5 Å². The standard InChI is InChI=1S/C31H35N5O2S/c1-6-34(7-2)21-14-16-25-27(18-21)38-28-19-22(35(8-3)9-4)15-17-26(28)31(25)24-13-11-10-12-23(24)29(37)36(31)30(32)33-20(5)39/h10-19H,6-9H2,1-5H3,(H2,32,33,39). The van der Waals surface area contributed by atoms with Crippen LogP contribution in [0.5, 0.6) is 11.5 Å². The average Bonchev–Trinajstić information content (AvgIpc) is 3.18. The minimum Gasteiger partial charge on any atom is -0.456 e. The van der Waals surface area contributed by atoms with Crippen molar-refractivity contribution in [3.8, 4) is 11.5 Å². The minimum absolute atomic E-state index is 0.0585. The number of nitrogens with zero attached hydrogens (tertiary/aromatic N) is 4. The lowest BCUT2D eigenvalue weighted by Crippen LogP contribution is -2.53. The summed E-state index contributed by atoms with van der Waals surface area (Å²) in [6, 6.07) is 20.1. The maximum atomic E-state index is 14.1. The summed E-state index contributed by atoms with van der Waals surface area (Å²) in [6.45, 7) is 13.7. The number of nitrogens with two attached hydrogens (primary N) is 1. The van der Waals surface area contributed by atoms with Gasteiger partial charge in [0.1, 0.15) is 22.0 Å². The van der Waals surface area contributed by atoms with Crippen LogP contribution in [0.25, 0.3) is 0 Å². The lowest BCUT2D eigenvalue weighted by atomic mass is 9.74. The molecule has 2 N–H and O–H groups in total. The average molecular weight is 542 g/mol. The van der Waals surface area contributed by atoms with Gasteiger partial charge in [0.2, 0.25) is 5.96 Å². The molecule has 39 heavy (non-hydrogen) atoms. The molecule has 1 amide bonds. The fourth-order valence-electron chi connectivity index (χ4n) is 6.02. The Labute approximate surface area is 235 Å². The highest BCUT2D eigenvalue weighted by Crippen LogP contribution is 2.58. The Morgan fingerprint density at radius 1 is 0.872 bits per heavy atom. The molecule has 202 valence electrons. The monoisotopic (exact) mass is 541 g/mol. The normalized spacial score (nSPS) is 14.9. The third kappa shape index (κ3) is 4.05. The van der Waals surface area contributed by atoms with Crippen LogP contribution in [0.3, 0.4) is 0 Å². The molecule has 0 aliphatic carbocycles. The van der Waals surface area contributed by atoms with Crippen LogP contribution in [0.15, 0.2) is 65.7 Å². The lowest BCUT2D eigenvalue weighted by molar-refractivity contribution is 0.0803. The first-order valence-corrected chi connectivity index (χ1v) is 14.0. The second kappa shape index (κ2) is 10.3. The summed E-state index contributed by atoms with van der Waals surface area (Å²) in [4.78, 5) is 25.0. The van der Waals surface area contributed by atoms with Crippen LogP contribution in [-0.4, -0.2) is 47.9 Å². The summed E-state index contributed by atoms with van der Waals surface area (Å²) >= 11 is 5.28. The maximum Gasteiger partial charge on any atom is 0.262 e. The van der Waals surface area contributed by atoms with E-state index in [0.717, 1.165) is 54.2 Å². The number of carbonyl (C=O) groups excluding carboxylic acids is 1. The van der Waals surface area contributed by atoms with E-state index in [9.17, 15) is 4.79 Å². The van der Waals surface area contributed by atoms with Gasteiger partial charge in [-0.3, -0.25) is 9.69 Å². The molecule has 2 heterocycles. The van der Waals surface area contributed by atoms with E-state index in [1.54, 1.807) is 11.8 Å². The van der Waals surface area contributed by atoms with Crippen LogP contribution >= 0.6 is 12.2 Å². The first kappa shape index (κ1) is 26.7. The largest absolute Gasteiger partial charge is 0.456 e. The number of thiocarbonyl (C=S) groups is 1. The van der Waals surface area contributed by atoms with Gasteiger partial charge in [-0.05, 0) is 52.8 Å². The van der Waals surface area contributed by atoms with E-state index in [1.165, 1.54) is 0 Å². The molecule has 0 aromatic heterocycles. The third-order valence-electron chi connectivity index (χ3n) is 7.77. The quantitative estimate of drug-likeness (QED) is 0.238. The van der Waals surface area contributed by atoms with Gasteiger partial charge in [0.05, 0.1) is 0 Å². The lowest BCUT2D eigenvalue weighted by Gasteiger charge is -2.44. The van der Waals surface area contributed by atoms with Crippen molar-refractivity contribution in [3.05, 3.63) is 82.9 Å². The number of rotatable bonds is 6. The van der Waals surface area contributed by atoms with E-state index in [0.29, 0.717) is 22.1 Å². The zero-order valence-corrected chi connectivity index (χ0v) is 24.0. The van der Waals surface area contributed by atoms with Crippen LogP contribution < -0.4 is 20.3 Å². The van der Waals surface area contributed by atoms with Crippen LogP contribution in [-0.2, 0) is 5.54 Å². The van der Waals surface area contributed by atoms with Crippen molar-refractivity contribution in [3.63, 3.8) is 0 Å². The molecular weight excluding hydrogens is 506 g/mol. The molecule has 2 aliphatic rings. The topological polar surface area (TPSA) is 74.4 Å². The smallest absolute Gasteiger partial charge is 0.262 e. The van der Waals surface area contributed by atoms with Crippen LogP contribution in [0.4, 0.5) is 11.4 Å². The first-order chi connectivity index (χ1) is 18.8. The van der Waals surface area contributed by atoms with Gasteiger partial charge >= 0.3 is 0 Å². The van der Waals surface area contributed by atoms with Gasteiger partial charge in [0, 0.05) is 71.9 Å². The molecule has 0 atom stereocenters. The zero-order chi connectivity index (χ0) is 27.9. The van der Waals surface area contributed by atoms with Gasteiger partial charge in [-0.15, -0.1) is 0 Å². The number of hydrogen-bond donors (Lipinski definition) is 1. The molecule has 3 aromatic rings. The number of anilines is 2. The van der Waals surface area contributed by atoms with E-state index < -0.39 is 5.54 Å². The van der Waals surface area contributed by atoms with Gasteiger partial charge < -0.3 is 20.3 Å². The molecule has 8 heteroatoms. The van der Waals surface area contributed by atoms with E-state index in [4.69, 9.17) is 22.7 Å². The van der Waals surface area contributed by atoms with Crippen LogP contribution in [0.1, 0.15) is 61.7 Å². The summed E-state index contributed by atoms with van der Waals surface area (Å²) in [6.07, 6.45) is 0. The zero-order valence-electron chi connectivity index (χ0n) is 23.2. The Morgan fingerprint density at radius 2 is 1.38 bits per heavy atom. The van der Waals surface area contributed by atoms with Crippen molar-refractivity contribution in [2.24, 2.45) is 10.7 Å². The number of aliphatic imine (C=N–C) groups is 1. The van der Waals surface area contributed by atoms with Crippen LogP contribution in [0, 0.1) is 0 Å². The third-order valence-corrected chi connectivity index (χ3v) is 7.87. The Bertz CT molecular complexity index is 1410. The molecule has 0 fully saturated rings. The molecule has 0 saturated heterocycles. The number of amides is 1. The Kier molecular flexibility index (Phi) is 7.07. The molecular formula is C31H35N5O2S. The molecule has 0 saturated carbocycles. The second-order valence-corrected chi connectivity index (χ2v) is 10.3. The van der Waals surface area contributed by atoms with Crippen molar-refractivity contribution in [2.45, 2.75) is 40.2 Å². The minimum atomic E-state index is -1.07. The predicted molar refractivity (Wildman–Crippen MR) is 162 cm³/mol. The summed E-state index contributed by atoms with van der Waals surface area (Å²) < 4.78 is 6.69. The maximum absolute atomic E-state index is 14.1. The highest BCUT2D eigenvalue weighted by atomic mass is 32.1. The van der Waals surface area contributed by atoms with Gasteiger partial charge in [-0.25, -0.2) is 4.99 Å². The summed E-state index contributed by atoms with van der Waals surface area (Å²) in [5.74, 6) is 1.21. The molecule has 2 aliphatic heterocycles. The van der Waals surface area contributed by atoms with E-state index in [1.807, 2.05) is 24.3 Å². The van der Waals surface area contributed by atoms with E-state index >= 15 is 0 Å². The van der Waals surface area contributed by atoms with Gasteiger partial charge in [0.15, 0.2) is 0 Å². The second-order valence-electron chi connectivity index (χ2n) is 9.69. The van der Waals surface area contributed by atoms with Crippen molar-refractivity contribution >= 4 is 40.4 Å². The molecule has 5 rings (SSSR count). The highest BCUT2D eigenvalue weighted by molar-refractivity contribution is 7.80. The molecule has 0 unspecified atom stereocenters. The number of hydrogen-bond acceptors (Lipinski definition) is 5. The van der Waals surface area contributed by atoms with Crippen molar-refractivity contribution in [1.29, 1.82) is 0 Å². The SMILES string of the molecule is CCN(CC)c1ccc2c(c1)Oc1cc(N(CC)CC)ccc1C21c2ccccc2C(=O)N1C(N)=NC(C)=S. The van der Waals surface area contributed by atoms with E-state index in [-0.39, 0.29) is 11.9 Å². The molecule has 0 radical (unpaired) electrons. The highest BCUT2D eigenvalue weighted by Gasteiger charge is 2.57. The van der Waals surface area contributed by atoms with E-state index in [2.05, 4.69) is 78.9 Å². The van der Waals surface area contributed by atoms with Gasteiger partial charge in [-0.2, -0.15) is 0 Å². The number of ether oxygens (including phenoxy) is 1. The number of fused-ring (bicyclic) bond motifs is 6. The summed E-state index contributed by atoms with van der Waals surface area (Å²) in [5.41, 5.74) is 10.7. The fraction of sp³-hybridized carbons (Fsp3) is 0.323. The summed E-state index contributed by atoms with van der Waals surface area (Å²) in [5, 5.41) is 0. The molecule has 3 aromatic carbocycles. The first-order valence-electron chi connectivity index (χ1n) is 13.6. The number of guanidine groups is 1. The Hall–Kier alpha value is -3.91. The fourth-order valence-corrected chi connectivity index (χ4v) is 6.11. The predicted octanol–water partition coefficient (Wildman–Crippen LogP) is 5.89. The van der Waals surface area contributed by atoms with Gasteiger partial charge in [0.25, 0.3) is 5.91 Å². The Balaban J connectivity index is 1.88. The molecule has 7 nitrogen and oxygen atoms in total. The van der Waals surface area contributed by atoms with Crippen molar-refractivity contribution in [1.82, 2.24) is 4.90 Å². The number of benzene rings is 3. The number of carbonyl (C=O) groups is 1. The molecule has 1 spiro atoms. The van der Waals surface area contributed by atoms with Crippen LogP contribution in [0.2, 0.25) is 0 Å². The van der Waals surface area contributed by atoms with Crippen molar-refractivity contribution in [2.75, 3.05) is 36.0 Å². The van der Waals surface area contributed by atoms with Crippen molar-refractivity contribution < 1.29 is 9.53 Å². The summed E-state index contributed by atoms with van der Waals surface area (Å²) in [7, 11) is 0.